The number of rotatable bonds is 1. The molecule has 0 rings (SSSR count). The number of aliphatic hydroxyl groups excluding tert-OH is 1. The largest absolute Gasteiger partial charge is 0.391 e. The van der Waals surface area contributed by atoms with Gasteiger partial charge in [-0.2, -0.15) is 0 Å². The van der Waals surface area contributed by atoms with Crippen molar-refractivity contribution in [1.82, 2.24) is 0 Å². The molecule has 0 spiro atoms. The van der Waals surface area contributed by atoms with Gasteiger partial charge in [0.15, 0.2) is 0 Å². The zero-order valence-corrected chi connectivity index (χ0v) is 5.71. The predicted molar refractivity (Wildman–Crippen MR) is 33.7 cm³/mol. The fourth-order valence-electron chi connectivity index (χ4n) is 0. The first-order chi connectivity index (χ1) is 2.64. The molecule has 0 fully saturated rings. The van der Waals surface area contributed by atoms with Crippen LogP contribution in [-0.4, -0.2) is 15.3 Å². The first-order valence-electron chi connectivity index (χ1n) is 1.72. The van der Waals surface area contributed by atoms with Crippen molar-refractivity contribution in [2.45, 2.75) is 17.1 Å². The van der Waals surface area contributed by atoms with Crippen molar-refractivity contribution in [3.05, 3.63) is 0 Å². The van der Waals surface area contributed by atoms with Gasteiger partial charge in [0, 0.05) is 0 Å². The summed E-state index contributed by atoms with van der Waals surface area (Å²) in [7, 11) is 0. The molecule has 0 bridgehead atoms. The van der Waals surface area contributed by atoms with E-state index in [9.17, 15) is 0 Å². The van der Waals surface area contributed by atoms with Gasteiger partial charge in [0.1, 0.15) is 0 Å². The van der Waals surface area contributed by atoms with Crippen LogP contribution >= 0.6 is 22.6 Å². The molecule has 3 heteroatoms. The Kier molecular flexibility index (Phi) is 3.06. The highest BCUT2D eigenvalue weighted by Gasteiger charge is 2.00. The van der Waals surface area contributed by atoms with E-state index in [0.717, 1.165) is 0 Å². The van der Waals surface area contributed by atoms with Gasteiger partial charge in [0.2, 0.25) is 0 Å². The Labute approximate surface area is 50.9 Å². The molecule has 38 valence electrons. The van der Waals surface area contributed by atoms with Crippen molar-refractivity contribution in [1.29, 1.82) is 0 Å². The molecule has 2 atom stereocenters. The predicted octanol–water partition coefficient (Wildman–Crippen LogP) is 0.0870. The van der Waals surface area contributed by atoms with Crippen molar-refractivity contribution in [3.8, 4) is 0 Å². The van der Waals surface area contributed by atoms with E-state index in [1.165, 1.54) is 0 Å². The van der Waals surface area contributed by atoms with Crippen LogP contribution in [0.3, 0.4) is 0 Å². The van der Waals surface area contributed by atoms with Gasteiger partial charge >= 0.3 is 0 Å². The highest BCUT2D eigenvalue weighted by atomic mass is 127. The minimum absolute atomic E-state index is 0.123. The number of hydrogen-bond acceptors (Lipinski definition) is 2. The molecule has 0 aromatic heterocycles. The van der Waals surface area contributed by atoms with Gasteiger partial charge in [-0.15, -0.1) is 0 Å². The van der Waals surface area contributed by atoms with Gasteiger partial charge in [0.05, 0.1) is 10.2 Å². The Balaban J connectivity index is 2.99. The third-order valence-corrected chi connectivity index (χ3v) is 1.50. The molecule has 0 aliphatic rings. The maximum absolute atomic E-state index is 8.50. The van der Waals surface area contributed by atoms with E-state index in [4.69, 9.17) is 10.8 Å². The van der Waals surface area contributed by atoms with Crippen molar-refractivity contribution in [2.24, 2.45) is 5.73 Å². The normalized spacial score (nSPS) is 20.0. The van der Waals surface area contributed by atoms with Gasteiger partial charge in [-0.25, -0.2) is 0 Å². The monoisotopic (exact) mass is 201 g/mol. The Morgan fingerprint density at radius 1 is 1.83 bits per heavy atom. The van der Waals surface area contributed by atoms with E-state index < -0.39 is 0 Å². The number of hydrogen-bond donors (Lipinski definition) is 2. The summed E-state index contributed by atoms with van der Waals surface area (Å²) < 4.78 is -0.123. The minimum atomic E-state index is -0.384. The average Bonchev–Trinajstić information content (AvgIpc) is 1.36. The van der Waals surface area contributed by atoms with Gasteiger partial charge in [-0.05, 0) is 6.92 Å². The van der Waals surface area contributed by atoms with Crippen LogP contribution in [0.1, 0.15) is 6.92 Å². The van der Waals surface area contributed by atoms with Crippen molar-refractivity contribution in [2.75, 3.05) is 0 Å². The molecule has 0 amide bonds. The molecule has 2 unspecified atom stereocenters. The molecule has 3 N–H and O–H groups in total. The minimum Gasteiger partial charge on any atom is -0.391 e. The summed E-state index contributed by atoms with van der Waals surface area (Å²) in [5, 5.41) is 8.50. The molecular weight excluding hydrogens is 193 g/mol. The van der Waals surface area contributed by atoms with Crippen LogP contribution in [0.4, 0.5) is 0 Å². The van der Waals surface area contributed by atoms with Crippen LogP contribution in [0.2, 0.25) is 0 Å². The fraction of sp³-hybridized carbons (Fsp3) is 1.00. The number of halogens is 1. The zero-order valence-electron chi connectivity index (χ0n) is 3.56. The second kappa shape index (κ2) is 2.76. The molecule has 0 radical (unpaired) electrons. The smallest absolute Gasteiger partial charge is 0.0828 e. The molecule has 0 saturated carbocycles. The summed E-state index contributed by atoms with van der Waals surface area (Å²) in [5.41, 5.74) is 5.17. The van der Waals surface area contributed by atoms with Crippen LogP contribution in [0.5, 0.6) is 0 Å². The maximum Gasteiger partial charge on any atom is 0.0828 e. The van der Waals surface area contributed by atoms with E-state index in [1.54, 1.807) is 6.92 Å². The molecule has 2 nitrogen and oxygen atoms in total. The number of nitrogens with two attached hydrogens (primary N) is 1. The second-order valence-electron chi connectivity index (χ2n) is 1.19. The lowest BCUT2D eigenvalue weighted by Crippen LogP contribution is -2.24. The molecule has 0 aliphatic carbocycles. The van der Waals surface area contributed by atoms with Crippen LogP contribution in [-0.2, 0) is 0 Å². The summed E-state index contributed by atoms with van der Waals surface area (Å²) in [6.07, 6.45) is -0.384. The van der Waals surface area contributed by atoms with Gasteiger partial charge in [0.25, 0.3) is 0 Å². The summed E-state index contributed by atoms with van der Waals surface area (Å²) in [6, 6.07) is 0. The third kappa shape index (κ3) is 2.87. The Bertz CT molecular complexity index is 31.8. The van der Waals surface area contributed by atoms with E-state index in [-0.39, 0.29) is 10.2 Å². The lowest BCUT2D eigenvalue weighted by molar-refractivity contribution is 0.198. The van der Waals surface area contributed by atoms with Gasteiger partial charge in [-0.1, -0.05) is 22.6 Å². The van der Waals surface area contributed by atoms with E-state index in [2.05, 4.69) is 0 Å². The number of aliphatic hydroxyl groups is 1. The highest BCUT2D eigenvalue weighted by molar-refractivity contribution is 14.1. The SMILES string of the molecule is CC(O)C(N)I. The lowest BCUT2D eigenvalue weighted by atomic mass is 10.4. The Morgan fingerprint density at radius 3 is 2.00 bits per heavy atom. The molecule has 0 saturated heterocycles. The molecular formula is C3H8INO. The topological polar surface area (TPSA) is 46.2 Å². The third-order valence-electron chi connectivity index (χ3n) is 0.461. The lowest BCUT2D eigenvalue weighted by Gasteiger charge is -2.02. The van der Waals surface area contributed by atoms with E-state index >= 15 is 0 Å². The van der Waals surface area contributed by atoms with Gasteiger partial charge in [-0.3, -0.25) is 0 Å². The molecule has 0 aromatic carbocycles. The molecule has 0 aromatic rings. The molecule has 6 heavy (non-hydrogen) atoms. The van der Waals surface area contributed by atoms with Crippen molar-refractivity contribution >= 4 is 22.6 Å². The zero-order chi connectivity index (χ0) is 5.15. The van der Waals surface area contributed by atoms with Crippen LogP contribution in [0.15, 0.2) is 0 Å². The van der Waals surface area contributed by atoms with Crippen LogP contribution in [0, 0.1) is 0 Å². The summed E-state index contributed by atoms with van der Waals surface area (Å²) in [5.74, 6) is 0. The van der Waals surface area contributed by atoms with E-state index in [0.29, 0.717) is 0 Å². The van der Waals surface area contributed by atoms with Crippen molar-refractivity contribution in [3.63, 3.8) is 0 Å². The Morgan fingerprint density at radius 2 is 2.00 bits per heavy atom. The van der Waals surface area contributed by atoms with Crippen molar-refractivity contribution < 1.29 is 5.11 Å². The average molecular weight is 201 g/mol. The Hall–Kier alpha value is 0.650. The number of alkyl halides is 1. The van der Waals surface area contributed by atoms with Crippen LogP contribution < -0.4 is 5.73 Å². The summed E-state index contributed by atoms with van der Waals surface area (Å²) in [6.45, 7) is 1.66. The van der Waals surface area contributed by atoms with Gasteiger partial charge < -0.3 is 10.8 Å². The fourth-order valence-corrected chi connectivity index (χ4v) is 0. The van der Waals surface area contributed by atoms with Crippen LogP contribution in [0.25, 0.3) is 0 Å². The second-order valence-corrected chi connectivity index (χ2v) is 2.62. The highest BCUT2D eigenvalue weighted by Crippen LogP contribution is 1.95. The maximum atomic E-state index is 8.50. The summed E-state index contributed by atoms with van der Waals surface area (Å²) in [4.78, 5) is 0. The quantitative estimate of drug-likeness (QED) is 0.358. The summed E-state index contributed by atoms with van der Waals surface area (Å²) >= 11 is 1.96. The first kappa shape index (κ1) is 6.65. The van der Waals surface area contributed by atoms with E-state index in [1.807, 2.05) is 22.6 Å². The molecule has 0 aliphatic heterocycles. The molecule has 0 heterocycles. The first-order valence-corrected chi connectivity index (χ1v) is 2.97. The standard InChI is InChI=1S/C3H8INO/c1-2(6)3(4)5/h2-3,6H,5H2,1H3.